The molecule has 134 valence electrons. The molecular formula is C18H21ClN2O4. The van der Waals surface area contributed by atoms with Crippen LogP contribution in [0.2, 0.25) is 5.02 Å². The van der Waals surface area contributed by atoms with Crippen LogP contribution in [-0.2, 0) is 20.8 Å². The predicted molar refractivity (Wildman–Crippen MR) is 92.2 cm³/mol. The van der Waals surface area contributed by atoms with Gasteiger partial charge in [-0.15, -0.1) is 0 Å². The fraction of sp³-hybridized carbons (Fsp3) is 0.500. The molecule has 6 nitrogen and oxygen atoms in total. The van der Waals surface area contributed by atoms with Crippen LogP contribution < -0.4 is 0 Å². The Bertz CT molecular complexity index is 713. The summed E-state index contributed by atoms with van der Waals surface area (Å²) in [5.74, 6) is -1.77. The zero-order valence-corrected chi connectivity index (χ0v) is 14.8. The number of hydrogen-bond donors (Lipinski definition) is 1. The lowest BCUT2D eigenvalue weighted by Crippen LogP contribution is -2.57. The molecule has 1 N–H and O–H groups in total. The highest BCUT2D eigenvalue weighted by Gasteiger charge is 2.55. The topological polar surface area (TPSA) is 77.9 Å². The molecule has 1 aromatic carbocycles. The Labute approximate surface area is 151 Å². The molecule has 2 fully saturated rings. The first-order valence-corrected chi connectivity index (χ1v) is 8.73. The molecule has 1 atom stereocenters. The van der Waals surface area contributed by atoms with Crippen LogP contribution in [0, 0.1) is 5.92 Å². The number of benzene rings is 1. The van der Waals surface area contributed by atoms with Crippen molar-refractivity contribution in [1.29, 1.82) is 0 Å². The van der Waals surface area contributed by atoms with Crippen LogP contribution in [0.25, 0.3) is 0 Å². The third-order valence-corrected chi connectivity index (χ3v) is 5.83. The number of aliphatic carboxylic acids is 1. The summed E-state index contributed by atoms with van der Waals surface area (Å²) in [6.45, 7) is 0.918. The summed E-state index contributed by atoms with van der Waals surface area (Å²) in [5, 5.41) is 10.1. The lowest BCUT2D eigenvalue weighted by molar-refractivity contribution is -0.146. The molecular weight excluding hydrogens is 344 g/mol. The highest BCUT2D eigenvalue weighted by molar-refractivity contribution is 6.30. The van der Waals surface area contributed by atoms with Gasteiger partial charge in [-0.05, 0) is 30.5 Å². The fourth-order valence-corrected chi connectivity index (χ4v) is 4.27. The first kappa shape index (κ1) is 17.7. The van der Waals surface area contributed by atoms with E-state index in [2.05, 4.69) is 0 Å². The number of carboxylic acid groups (broad SMARTS) is 1. The number of amides is 2. The lowest BCUT2D eigenvalue weighted by atomic mass is 9.77. The normalized spacial score (nSPS) is 22.5. The van der Waals surface area contributed by atoms with Gasteiger partial charge >= 0.3 is 5.97 Å². The molecule has 7 heteroatoms. The van der Waals surface area contributed by atoms with Crippen molar-refractivity contribution >= 4 is 29.4 Å². The van der Waals surface area contributed by atoms with Gasteiger partial charge in [-0.25, -0.2) is 0 Å². The minimum absolute atomic E-state index is 0.00373. The highest BCUT2D eigenvalue weighted by atomic mass is 35.5. The van der Waals surface area contributed by atoms with E-state index in [1.54, 1.807) is 29.0 Å². The van der Waals surface area contributed by atoms with Crippen LogP contribution in [0.15, 0.2) is 24.3 Å². The van der Waals surface area contributed by atoms with Crippen LogP contribution in [0.1, 0.15) is 24.8 Å². The number of hydrogen-bond acceptors (Lipinski definition) is 3. The molecule has 0 radical (unpaired) electrons. The molecule has 0 aromatic heterocycles. The zero-order valence-electron chi connectivity index (χ0n) is 14.1. The minimum atomic E-state index is -0.934. The van der Waals surface area contributed by atoms with Crippen LogP contribution in [0.3, 0.4) is 0 Å². The Balaban J connectivity index is 1.67. The van der Waals surface area contributed by atoms with Gasteiger partial charge in [0, 0.05) is 31.6 Å². The third-order valence-electron chi connectivity index (χ3n) is 5.59. The lowest BCUT2D eigenvalue weighted by Gasteiger charge is -2.45. The second kappa shape index (κ2) is 6.67. The summed E-state index contributed by atoms with van der Waals surface area (Å²) in [6.07, 6.45) is 1.30. The molecule has 25 heavy (non-hydrogen) atoms. The fourth-order valence-electron chi connectivity index (χ4n) is 4.06. The molecule has 0 aliphatic carbocycles. The van der Waals surface area contributed by atoms with Crippen molar-refractivity contribution in [2.24, 2.45) is 5.92 Å². The SMILES string of the molecule is CN1C(=O)C[C@H](C(=O)O)C12CCN(C(=O)Cc1cccc(Cl)c1)CC2. The van der Waals surface area contributed by atoms with Crippen LogP contribution in [0.5, 0.6) is 0 Å². The van der Waals surface area contributed by atoms with Crippen molar-refractivity contribution in [3.63, 3.8) is 0 Å². The summed E-state index contributed by atoms with van der Waals surface area (Å²) in [6, 6.07) is 7.21. The van der Waals surface area contributed by atoms with Crippen LogP contribution in [-0.4, -0.2) is 58.4 Å². The van der Waals surface area contributed by atoms with Gasteiger partial charge in [0.05, 0.1) is 17.9 Å². The number of carbonyl (C=O) groups excluding carboxylic acids is 2. The number of likely N-dealkylation sites (tertiary alicyclic amines) is 2. The Kier molecular flexibility index (Phi) is 4.73. The van der Waals surface area contributed by atoms with E-state index in [-0.39, 0.29) is 24.7 Å². The van der Waals surface area contributed by atoms with Crippen molar-refractivity contribution in [3.8, 4) is 0 Å². The first-order valence-electron chi connectivity index (χ1n) is 8.35. The third kappa shape index (κ3) is 3.23. The Morgan fingerprint density at radius 3 is 2.60 bits per heavy atom. The maximum Gasteiger partial charge on any atom is 0.309 e. The van der Waals surface area contributed by atoms with Gasteiger partial charge in [0.25, 0.3) is 0 Å². The van der Waals surface area contributed by atoms with Gasteiger partial charge in [0.1, 0.15) is 0 Å². The molecule has 1 spiro atoms. The Morgan fingerprint density at radius 1 is 1.32 bits per heavy atom. The van der Waals surface area contributed by atoms with Crippen molar-refractivity contribution in [1.82, 2.24) is 9.80 Å². The van der Waals surface area contributed by atoms with E-state index >= 15 is 0 Å². The molecule has 3 rings (SSSR count). The molecule has 0 saturated carbocycles. The molecule has 2 saturated heterocycles. The summed E-state index contributed by atoms with van der Waals surface area (Å²) in [7, 11) is 1.68. The smallest absolute Gasteiger partial charge is 0.309 e. The Hall–Kier alpha value is -2.08. The molecule has 2 aliphatic heterocycles. The summed E-state index contributed by atoms with van der Waals surface area (Å²) < 4.78 is 0. The largest absolute Gasteiger partial charge is 0.481 e. The van der Waals surface area contributed by atoms with Gasteiger partial charge in [-0.3, -0.25) is 14.4 Å². The average Bonchev–Trinajstić information content (AvgIpc) is 2.81. The average molecular weight is 365 g/mol. The molecule has 2 aliphatic rings. The summed E-state index contributed by atoms with van der Waals surface area (Å²) >= 11 is 5.95. The summed E-state index contributed by atoms with van der Waals surface area (Å²) in [4.78, 5) is 39.5. The number of nitrogens with zero attached hydrogens (tertiary/aromatic N) is 2. The second-order valence-electron chi connectivity index (χ2n) is 6.84. The molecule has 0 bridgehead atoms. The van der Waals surface area contributed by atoms with Crippen LogP contribution in [0.4, 0.5) is 0 Å². The van der Waals surface area contributed by atoms with E-state index in [1.807, 2.05) is 12.1 Å². The monoisotopic (exact) mass is 364 g/mol. The maximum absolute atomic E-state index is 12.5. The quantitative estimate of drug-likeness (QED) is 0.887. The van der Waals surface area contributed by atoms with Crippen molar-refractivity contribution < 1.29 is 19.5 Å². The zero-order chi connectivity index (χ0) is 18.2. The number of rotatable bonds is 3. The van der Waals surface area contributed by atoms with E-state index in [0.717, 1.165) is 5.56 Å². The van der Waals surface area contributed by atoms with E-state index in [4.69, 9.17) is 11.6 Å². The van der Waals surface area contributed by atoms with Gasteiger partial charge in [0.15, 0.2) is 0 Å². The minimum Gasteiger partial charge on any atom is -0.481 e. The Morgan fingerprint density at radius 2 is 2.00 bits per heavy atom. The number of carbonyl (C=O) groups is 3. The predicted octanol–water partition coefficient (Wildman–Crippen LogP) is 1.81. The van der Waals surface area contributed by atoms with Gasteiger partial charge in [-0.2, -0.15) is 0 Å². The maximum atomic E-state index is 12.5. The molecule has 1 aromatic rings. The van der Waals surface area contributed by atoms with E-state index in [9.17, 15) is 19.5 Å². The molecule has 2 heterocycles. The van der Waals surface area contributed by atoms with Gasteiger partial charge in [-0.1, -0.05) is 23.7 Å². The van der Waals surface area contributed by atoms with Gasteiger partial charge < -0.3 is 14.9 Å². The van der Waals surface area contributed by atoms with E-state index in [1.165, 1.54) is 0 Å². The number of carboxylic acids is 1. The van der Waals surface area contributed by atoms with Crippen LogP contribution >= 0.6 is 11.6 Å². The first-order chi connectivity index (χ1) is 11.8. The van der Waals surface area contributed by atoms with Crippen molar-refractivity contribution in [2.75, 3.05) is 20.1 Å². The number of halogens is 1. The highest BCUT2D eigenvalue weighted by Crippen LogP contribution is 2.42. The van der Waals surface area contributed by atoms with Crippen molar-refractivity contribution in [3.05, 3.63) is 34.9 Å². The van der Waals surface area contributed by atoms with E-state index < -0.39 is 17.4 Å². The van der Waals surface area contributed by atoms with Crippen molar-refractivity contribution in [2.45, 2.75) is 31.2 Å². The van der Waals surface area contributed by atoms with Gasteiger partial charge in [0.2, 0.25) is 11.8 Å². The molecule has 2 amide bonds. The second-order valence-corrected chi connectivity index (χ2v) is 7.28. The van der Waals surface area contributed by atoms with E-state index in [0.29, 0.717) is 31.0 Å². The summed E-state index contributed by atoms with van der Waals surface area (Å²) in [5.41, 5.74) is 0.185. The molecule has 0 unspecified atom stereocenters. The standard InChI is InChI=1S/C18H21ClN2O4/c1-20-15(22)11-14(17(24)25)18(20)5-7-21(8-6-18)16(23)10-12-3-2-4-13(19)9-12/h2-4,9,14H,5-8,10-11H2,1H3,(H,24,25)/t14-/m1/s1. The number of piperidine rings is 1.